The average molecular weight is 315 g/mol. The minimum Gasteiger partial charge on any atom is -0.312 e. The van der Waals surface area contributed by atoms with E-state index in [0.717, 1.165) is 25.0 Å². The molecule has 0 aliphatic carbocycles. The van der Waals surface area contributed by atoms with Crippen LogP contribution in [0.15, 0.2) is 18.3 Å². The summed E-state index contributed by atoms with van der Waals surface area (Å²) in [6.07, 6.45) is 5.15. The number of nitrogens with zero attached hydrogens (tertiary/aromatic N) is 2. The number of sulfonamides is 1. The van der Waals surface area contributed by atoms with Crippen LogP contribution in [0.4, 0.5) is 4.39 Å². The number of piperidine rings is 1. The zero-order valence-electron chi connectivity index (χ0n) is 12.4. The number of nitrogens with one attached hydrogen (secondary N) is 1. The molecule has 0 radical (unpaired) electrons. The van der Waals surface area contributed by atoms with Gasteiger partial charge in [0.1, 0.15) is 5.82 Å². The third-order valence-corrected chi connectivity index (χ3v) is 5.25. The molecule has 1 aliphatic rings. The number of pyridine rings is 1. The van der Waals surface area contributed by atoms with Crippen LogP contribution in [0.2, 0.25) is 0 Å². The van der Waals surface area contributed by atoms with Gasteiger partial charge in [-0.25, -0.2) is 17.1 Å². The summed E-state index contributed by atoms with van der Waals surface area (Å²) in [5, 5.41) is 3.19. The monoisotopic (exact) mass is 315 g/mol. The second kappa shape index (κ2) is 6.81. The average Bonchev–Trinajstić information content (AvgIpc) is 2.45. The first-order chi connectivity index (χ1) is 9.90. The third-order valence-electron chi connectivity index (χ3n) is 3.98. The molecule has 1 aromatic rings. The summed E-state index contributed by atoms with van der Waals surface area (Å²) in [6.45, 7) is 1.16. The highest BCUT2D eigenvalue weighted by molar-refractivity contribution is 7.88. The zero-order chi connectivity index (χ0) is 15.5. The highest BCUT2D eigenvalue weighted by Crippen LogP contribution is 2.27. The zero-order valence-corrected chi connectivity index (χ0v) is 13.2. The van der Waals surface area contributed by atoms with Crippen LogP contribution in [0.1, 0.15) is 31.0 Å². The van der Waals surface area contributed by atoms with Crippen molar-refractivity contribution >= 4 is 10.0 Å². The molecule has 5 nitrogen and oxygen atoms in total. The quantitative estimate of drug-likeness (QED) is 0.895. The highest BCUT2D eigenvalue weighted by Gasteiger charge is 2.28. The molecule has 1 aliphatic heterocycles. The molecule has 118 valence electrons. The van der Waals surface area contributed by atoms with Crippen LogP contribution < -0.4 is 5.32 Å². The van der Waals surface area contributed by atoms with Crippen molar-refractivity contribution in [3.8, 4) is 0 Å². The predicted octanol–water partition coefficient (Wildman–Crippen LogP) is 1.54. The van der Waals surface area contributed by atoms with Crippen molar-refractivity contribution in [2.75, 3.05) is 26.4 Å². The van der Waals surface area contributed by atoms with Crippen molar-refractivity contribution in [2.24, 2.45) is 5.92 Å². The molecule has 7 heteroatoms. The Labute approximate surface area is 125 Å². The Balaban J connectivity index is 2.03. The smallest absolute Gasteiger partial charge is 0.211 e. The SMILES string of the molecule is CNC(CC1CCCN(S(C)(=O)=O)C1)c1ccc(F)cn1. The maximum Gasteiger partial charge on any atom is 0.211 e. The molecule has 2 rings (SSSR count). The molecular formula is C14H22FN3O2S. The summed E-state index contributed by atoms with van der Waals surface area (Å²) in [5.41, 5.74) is 0.787. The van der Waals surface area contributed by atoms with E-state index >= 15 is 0 Å². The van der Waals surface area contributed by atoms with Gasteiger partial charge in [-0.05, 0) is 44.4 Å². The Hall–Kier alpha value is -1.05. The van der Waals surface area contributed by atoms with Crippen LogP contribution in [0.3, 0.4) is 0 Å². The molecule has 2 unspecified atom stereocenters. The van der Waals surface area contributed by atoms with Crippen molar-refractivity contribution in [2.45, 2.75) is 25.3 Å². The molecule has 21 heavy (non-hydrogen) atoms. The lowest BCUT2D eigenvalue weighted by atomic mass is 9.91. The van der Waals surface area contributed by atoms with Gasteiger partial charge in [0.05, 0.1) is 18.1 Å². The lowest BCUT2D eigenvalue weighted by molar-refractivity contribution is 0.239. The van der Waals surface area contributed by atoms with E-state index in [4.69, 9.17) is 0 Å². The normalized spacial score (nSPS) is 22.1. The van der Waals surface area contributed by atoms with Crippen LogP contribution >= 0.6 is 0 Å². The summed E-state index contributed by atoms with van der Waals surface area (Å²) >= 11 is 0. The van der Waals surface area contributed by atoms with Crippen LogP contribution in [-0.4, -0.2) is 44.1 Å². The van der Waals surface area contributed by atoms with E-state index < -0.39 is 10.0 Å². The number of aromatic nitrogens is 1. The van der Waals surface area contributed by atoms with Gasteiger partial charge in [-0.1, -0.05) is 0 Å². The maximum absolute atomic E-state index is 12.9. The van der Waals surface area contributed by atoms with E-state index in [1.807, 2.05) is 7.05 Å². The number of rotatable bonds is 5. The summed E-state index contributed by atoms with van der Waals surface area (Å²) in [4.78, 5) is 4.11. The van der Waals surface area contributed by atoms with Crippen molar-refractivity contribution in [1.29, 1.82) is 0 Å². The molecule has 1 aromatic heterocycles. The molecule has 0 aromatic carbocycles. The fourth-order valence-electron chi connectivity index (χ4n) is 2.83. The highest BCUT2D eigenvalue weighted by atomic mass is 32.2. The Kier molecular flexibility index (Phi) is 5.29. The molecule has 1 saturated heterocycles. The largest absolute Gasteiger partial charge is 0.312 e. The lowest BCUT2D eigenvalue weighted by Crippen LogP contribution is -2.40. The second-order valence-electron chi connectivity index (χ2n) is 5.61. The second-order valence-corrected chi connectivity index (χ2v) is 7.59. The Morgan fingerprint density at radius 1 is 1.52 bits per heavy atom. The minimum atomic E-state index is -3.12. The molecule has 0 saturated carbocycles. The number of hydrogen-bond donors (Lipinski definition) is 1. The summed E-state index contributed by atoms with van der Waals surface area (Å²) in [6, 6.07) is 3.08. The van der Waals surface area contributed by atoms with Gasteiger partial charge in [0.15, 0.2) is 0 Å². The van der Waals surface area contributed by atoms with Gasteiger partial charge < -0.3 is 5.32 Å². The molecule has 2 heterocycles. The Morgan fingerprint density at radius 3 is 2.86 bits per heavy atom. The predicted molar refractivity (Wildman–Crippen MR) is 79.8 cm³/mol. The van der Waals surface area contributed by atoms with Crippen LogP contribution in [-0.2, 0) is 10.0 Å². The van der Waals surface area contributed by atoms with Crippen molar-refractivity contribution < 1.29 is 12.8 Å². The van der Waals surface area contributed by atoms with Gasteiger partial charge >= 0.3 is 0 Å². The molecule has 1 fully saturated rings. The van der Waals surface area contributed by atoms with Crippen LogP contribution in [0, 0.1) is 11.7 Å². The van der Waals surface area contributed by atoms with E-state index in [0.29, 0.717) is 13.1 Å². The third kappa shape index (κ3) is 4.46. The standard InChI is InChI=1S/C14H22FN3O2S/c1-16-14(13-6-5-12(15)9-17-13)8-11-4-3-7-18(10-11)21(2,19)20/h5-6,9,11,14,16H,3-4,7-8,10H2,1-2H3. The Morgan fingerprint density at radius 2 is 2.29 bits per heavy atom. The molecule has 0 spiro atoms. The van der Waals surface area contributed by atoms with Gasteiger partial charge in [0.2, 0.25) is 10.0 Å². The molecule has 0 amide bonds. The van der Waals surface area contributed by atoms with Gasteiger partial charge in [-0.15, -0.1) is 0 Å². The minimum absolute atomic E-state index is 0.00936. The van der Waals surface area contributed by atoms with Gasteiger partial charge in [-0.3, -0.25) is 4.98 Å². The van der Waals surface area contributed by atoms with Crippen LogP contribution in [0.25, 0.3) is 0 Å². The summed E-state index contributed by atoms with van der Waals surface area (Å²) < 4.78 is 37.8. The fourth-order valence-corrected chi connectivity index (χ4v) is 3.78. The van der Waals surface area contributed by atoms with E-state index in [-0.39, 0.29) is 17.8 Å². The van der Waals surface area contributed by atoms with E-state index in [1.165, 1.54) is 18.5 Å². The lowest BCUT2D eigenvalue weighted by Gasteiger charge is -2.32. The number of hydrogen-bond acceptors (Lipinski definition) is 4. The topological polar surface area (TPSA) is 62.3 Å². The fraction of sp³-hybridized carbons (Fsp3) is 0.643. The molecule has 2 atom stereocenters. The van der Waals surface area contributed by atoms with Crippen molar-refractivity contribution in [3.05, 3.63) is 29.8 Å². The van der Waals surface area contributed by atoms with Crippen molar-refractivity contribution in [1.82, 2.24) is 14.6 Å². The van der Waals surface area contributed by atoms with Gasteiger partial charge in [0.25, 0.3) is 0 Å². The molecule has 0 bridgehead atoms. The first kappa shape index (κ1) is 16.3. The summed E-state index contributed by atoms with van der Waals surface area (Å²) in [7, 11) is -1.28. The van der Waals surface area contributed by atoms with Crippen molar-refractivity contribution in [3.63, 3.8) is 0 Å². The maximum atomic E-state index is 12.9. The van der Waals surface area contributed by atoms with E-state index in [1.54, 1.807) is 10.4 Å². The van der Waals surface area contributed by atoms with Crippen LogP contribution in [0.5, 0.6) is 0 Å². The molecule has 1 N–H and O–H groups in total. The molecular weight excluding hydrogens is 293 g/mol. The first-order valence-electron chi connectivity index (χ1n) is 7.14. The first-order valence-corrected chi connectivity index (χ1v) is 8.99. The number of halogens is 1. The van der Waals surface area contributed by atoms with Gasteiger partial charge in [-0.2, -0.15) is 0 Å². The Bertz CT molecular complexity index is 562. The van der Waals surface area contributed by atoms with E-state index in [2.05, 4.69) is 10.3 Å². The summed E-state index contributed by atoms with van der Waals surface area (Å²) in [5.74, 6) is -0.0627. The van der Waals surface area contributed by atoms with E-state index in [9.17, 15) is 12.8 Å². The van der Waals surface area contributed by atoms with Gasteiger partial charge in [0, 0.05) is 19.1 Å².